The fourth-order valence-corrected chi connectivity index (χ4v) is 4.38. The van der Waals surface area contributed by atoms with E-state index in [1.165, 1.54) is 24.6 Å². The van der Waals surface area contributed by atoms with Crippen molar-refractivity contribution in [2.45, 2.75) is 19.8 Å². The molecule has 172 valence electrons. The molecule has 2 aromatic carbocycles. The highest BCUT2D eigenvalue weighted by Gasteiger charge is 2.20. The molecule has 0 bridgehead atoms. The number of hydrogen-bond acceptors (Lipinski definition) is 8. The maximum absolute atomic E-state index is 13.2. The van der Waals surface area contributed by atoms with Crippen molar-refractivity contribution in [2.75, 3.05) is 12.4 Å². The van der Waals surface area contributed by atoms with Crippen molar-refractivity contribution >= 4 is 22.4 Å². The molecule has 4 rings (SSSR count). The molecule has 0 saturated carbocycles. The van der Waals surface area contributed by atoms with Crippen molar-refractivity contribution < 1.29 is 9.53 Å². The number of ether oxygens (including phenoxy) is 1. The molecule has 0 radical (unpaired) electrons. The minimum atomic E-state index is -0.398. The number of benzene rings is 2. The summed E-state index contributed by atoms with van der Waals surface area (Å²) in [5.74, 6) is 0.0872. The number of rotatable bonds is 6. The van der Waals surface area contributed by atoms with Crippen LogP contribution in [-0.2, 0) is 0 Å². The molecule has 35 heavy (non-hydrogen) atoms. The van der Waals surface area contributed by atoms with E-state index in [0.29, 0.717) is 38.7 Å². The smallest absolute Gasteiger partial charge is 0.259 e. The SMILES string of the molecule is COc1ccc(C#N)cc1-c1cc(C)ncc1C(=O)Nc1nnc(C(C)c2ccc(C#N)cc2)s1. The van der Waals surface area contributed by atoms with Crippen molar-refractivity contribution in [3.63, 3.8) is 0 Å². The molecule has 0 aliphatic carbocycles. The van der Waals surface area contributed by atoms with E-state index in [1.54, 1.807) is 36.4 Å². The molecular formula is C26H20N6O2S. The van der Waals surface area contributed by atoms with E-state index in [1.807, 2.05) is 26.0 Å². The number of hydrogen-bond donors (Lipinski definition) is 1. The van der Waals surface area contributed by atoms with Crippen LogP contribution in [0.2, 0.25) is 0 Å². The van der Waals surface area contributed by atoms with Crippen LogP contribution in [0.15, 0.2) is 54.7 Å². The average molecular weight is 481 g/mol. The van der Waals surface area contributed by atoms with Gasteiger partial charge in [-0.15, -0.1) is 10.2 Å². The van der Waals surface area contributed by atoms with Crippen LogP contribution in [0.1, 0.15) is 50.6 Å². The highest BCUT2D eigenvalue weighted by atomic mass is 32.1. The Morgan fingerprint density at radius 1 is 1.03 bits per heavy atom. The van der Waals surface area contributed by atoms with Crippen LogP contribution in [0, 0.1) is 29.6 Å². The lowest BCUT2D eigenvalue weighted by atomic mass is 9.97. The second-order valence-electron chi connectivity index (χ2n) is 7.75. The molecule has 1 amide bonds. The number of carbonyl (C=O) groups excluding carboxylic acids is 1. The van der Waals surface area contributed by atoms with Crippen LogP contribution >= 0.6 is 11.3 Å². The molecule has 0 saturated heterocycles. The van der Waals surface area contributed by atoms with Gasteiger partial charge in [-0.1, -0.05) is 30.4 Å². The van der Waals surface area contributed by atoms with Crippen LogP contribution in [0.25, 0.3) is 11.1 Å². The van der Waals surface area contributed by atoms with Gasteiger partial charge in [0.05, 0.1) is 35.9 Å². The lowest BCUT2D eigenvalue weighted by Gasteiger charge is -2.13. The molecule has 2 heterocycles. The predicted molar refractivity (Wildman–Crippen MR) is 132 cm³/mol. The zero-order valence-corrected chi connectivity index (χ0v) is 20.1. The Morgan fingerprint density at radius 2 is 1.74 bits per heavy atom. The van der Waals surface area contributed by atoms with Gasteiger partial charge >= 0.3 is 0 Å². The molecular weight excluding hydrogens is 460 g/mol. The fourth-order valence-electron chi connectivity index (χ4n) is 3.57. The monoisotopic (exact) mass is 480 g/mol. The van der Waals surface area contributed by atoms with E-state index in [-0.39, 0.29) is 5.92 Å². The van der Waals surface area contributed by atoms with E-state index in [4.69, 9.17) is 10.00 Å². The molecule has 1 unspecified atom stereocenters. The Morgan fingerprint density at radius 3 is 2.43 bits per heavy atom. The van der Waals surface area contributed by atoms with Crippen molar-refractivity contribution in [2.24, 2.45) is 0 Å². The van der Waals surface area contributed by atoms with Crippen LogP contribution in [0.3, 0.4) is 0 Å². The summed E-state index contributed by atoms with van der Waals surface area (Å²) in [4.78, 5) is 17.5. The van der Waals surface area contributed by atoms with Gasteiger partial charge in [0, 0.05) is 28.9 Å². The summed E-state index contributed by atoms with van der Waals surface area (Å²) in [6.07, 6.45) is 1.50. The first-order chi connectivity index (χ1) is 16.9. The largest absolute Gasteiger partial charge is 0.496 e. The topological polar surface area (TPSA) is 125 Å². The zero-order chi connectivity index (χ0) is 24.9. The number of methoxy groups -OCH3 is 1. The molecule has 2 aromatic heterocycles. The predicted octanol–water partition coefficient (Wildman–Crippen LogP) is 5.06. The molecule has 0 aliphatic heterocycles. The number of carbonyl (C=O) groups is 1. The van der Waals surface area contributed by atoms with Gasteiger partial charge in [-0.2, -0.15) is 10.5 Å². The molecule has 4 aromatic rings. The number of pyridine rings is 1. The van der Waals surface area contributed by atoms with Gasteiger partial charge < -0.3 is 4.74 Å². The lowest BCUT2D eigenvalue weighted by molar-refractivity contribution is 0.102. The van der Waals surface area contributed by atoms with Crippen LogP contribution in [0.5, 0.6) is 5.75 Å². The van der Waals surface area contributed by atoms with Crippen LogP contribution < -0.4 is 10.1 Å². The van der Waals surface area contributed by atoms with E-state index in [9.17, 15) is 10.1 Å². The highest BCUT2D eigenvalue weighted by molar-refractivity contribution is 7.15. The van der Waals surface area contributed by atoms with Gasteiger partial charge in [-0.25, -0.2) is 0 Å². The van der Waals surface area contributed by atoms with E-state index in [0.717, 1.165) is 16.3 Å². The summed E-state index contributed by atoms with van der Waals surface area (Å²) >= 11 is 1.28. The van der Waals surface area contributed by atoms with Crippen molar-refractivity contribution in [3.8, 4) is 29.0 Å². The van der Waals surface area contributed by atoms with Gasteiger partial charge in [0.25, 0.3) is 5.91 Å². The minimum Gasteiger partial charge on any atom is -0.496 e. The Hall–Kier alpha value is -4.60. The number of nitrogens with one attached hydrogen (secondary N) is 1. The minimum absolute atomic E-state index is 0.0551. The standard InChI is InChI=1S/C26H20N6O2S/c1-15-10-20(21-11-18(13-28)6-9-23(21)34-3)22(14-29-15)24(33)30-26-32-31-25(35-26)16(2)19-7-4-17(12-27)5-8-19/h4-11,14,16H,1-3H3,(H,30,32,33). The number of amides is 1. The summed E-state index contributed by atoms with van der Waals surface area (Å²) in [5.41, 5.74) is 4.29. The summed E-state index contributed by atoms with van der Waals surface area (Å²) < 4.78 is 5.48. The summed E-state index contributed by atoms with van der Waals surface area (Å²) in [6, 6.07) is 18.4. The number of aromatic nitrogens is 3. The van der Waals surface area contributed by atoms with E-state index in [2.05, 4.69) is 32.6 Å². The van der Waals surface area contributed by atoms with Gasteiger partial charge in [0.15, 0.2) is 0 Å². The maximum atomic E-state index is 13.2. The third-order valence-electron chi connectivity index (χ3n) is 5.48. The first-order valence-electron chi connectivity index (χ1n) is 10.6. The lowest BCUT2D eigenvalue weighted by Crippen LogP contribution is -2.14. The van der Waals surface area contributed by atoms with Gasteiger partial charge in [-0.05, 0) is 48.9 Å². The normalized spacial score (nSPS) is 11.2. The number of nitrogens with zero attached hydrogens (tertiary/aromatic N) is 5. The van der Waals surface area contributed by atoms with Crippen LogP contribution in [0.4, 0.5) is 5.13 Å². The Balaban J connectivity index is 1.62. The second-order valence-corrected chi connectivity index (χ2v) is 8.76. The van der Waals surface area contributed by atoms with Crippen molar-refractivity contribution in [1.82, 2.24) is 15.2 Å². The Labute approximate surface area is 206 Å². The third-order valence-corrected chi connectivity index (χ3v) is 6.50. The van der Waals surface area contributed by atoms with E-state index >= 15 is 0 Å². The number of nitriles is 2. The Bertz CT molecular complexity index is 1480. The molecule has 0 spiro atoms. The molecule has 0 aliphatic rings. The zero-order valence-electron chi connectivity index (χ0n) is 19.2. The quantitative estimate of drug-likeness (QED) is 0.409. The molecule has 8 nitrogen and oxygen atoms in total. The molecule has 1 N–H and O–H groups in total. The first kappa shape index (κ1) is 23.6. The van der Waals surface area contributed by atoms with Crippen molar-refractivity contribution in [3.05, 3.63) is 87.7 Å². The van der Waals surface area contributed by atoms with Gasteiger partial charge in [-0.3, -0.25) is 15.1 Å². The van der Waals surface area contributed by atoms with Gasteiger partial charge in [0.2, 0.25) is 5.13 Å². The second kappa shape index (κ2) is 10.1. The van der Waals surface area contributed by atoms with Crippen molar-refractivity contribution in [1.29, 1.82) is 10.5 Å². The van der Waals surface area contributed by atoms with Crippen LogP contribution in [-0.4, -0.2) is 28.2 Å². The summed E-state index contributed by atoms with van der Waals surface area (Å²) in [6.45, 7) is 3.82. The summed E-state index contributed by atoms with van der Waals surface area (Å²) in [5, 5.41) is 30.6. The first-order valence-corrected chi connectivity index (χ1v) is 11.4. The summed E-state index contributed by atoms with van der Waals surface area (Å²) in [7, 11) is 1.54. The molecule has 0 fully saturated rings. The third kappa shape index (κ3) is 5.01. The van der Waals surface area contributed by atoms with Gasteiger partial charge in [0.1, 0.15) is 10.8 Å². The van der Waals surface area contributed by atoms with E-state index < -0.39 is 5.91 Å². The molecule has 1 atom stereocenters. The fraction of sp³-hybridized carbons (Fsp3) is 0.154. The Kier molecular flexibility index (Phi) is 6.81. The molecule has 9 heteroatoms. The maximum Gasteiger partial charge on any atom is 0.259 e. The number of aryl methyl sites for hydroxylation is 1. The average Bonchev–Trinajstić information content (AvgIpc) is 3.36. The number of anilines is 1. The highest BCUT2D eigenvalue weighted by Crippen LogP contribution is 2.34.